The van der Waals surface area contributed by atoms with Gasteiger partial charge in [-0.15, -0.1) is 12.3 Å². The predicted molar refractivity (Wildman–Crippen MR) is 52.9 cm³/mol. The van der Waals surface area contributed by atoms with Crippen LogP contribution in [0.1, 0.15) is 31.5 Å². The van der Waals surface area contributed by atoms with Crippen LogP contribution >= 0.6 is 0 Å². The third-order valence-corrected chi connectivity index (χ3v) is 1.93. The SMILES string of the molecule is C#CCCCn1cncc1C(C)N. The number of imidazole rings is 1. The summed E-state index contributed by atoms with van der Waals surface area (Å²) in [5, 5.41) is 0. The third kappa shape index (κ3) is 2.60. The highest BCUT2D eigenvalue weighted by molar-refractivity contribution is 5.03. The molecule has 1 rings (SSSR count). The number of nitrogens with zero attached hydrogens (tertiary/aromatic N) is 2. The Kier molecular flexibility index (Phi) is 3.53. The van der Waals surface area contributed by atoms with Crippen LogP contribution in [0.2, 0.25) is 0 Å². The lowest BCUT2D eigenvalue weighted by Crippen LogP contribution is -2.11. The molecule has 70 valence electrons. The molecule has 3 nitrogen and oxygen atoms in total. The average molecular weight is 177 g/mol. The zero-order valence-corrected chi connectivity index (χ0v) is 7.90. The van der Waals surface area contributed by atoms with Gasteiger partial charge in [0, 0.05) is 25.2 Å². The summed E-state index contributed by atoms with van der Waals surface area (Å²) in [7, 11) is 0. The van der Waals surface area contributed by atoms with Crippen LogP contribution in [0.15, 0.2) is 12.5 Å². The average Bonchev–Trinajstić information content (AvgIpc) is 2.53. The Hall–Kier alpha value is -1.27. The molecule has 0 aliphatic heterocycles. The van der Waals surface area contributed by atoms with E-state index in [2.05, 4.69) is 15.5 Å². The quantitative estimate of drug-likeness (QED) is 0.556. The smallest absolute Gasteiger partial charge is 0.0948 e. The predicted octanol–water partition coefficient (Wildman–Crippen LogP) is 1.32. The van der Waals surface area contributed by atoms with Crippen LogP contribution in [0.25, 0.3) is 0 Å². The normalized spacial score (nSPS) is 12.4. The van der Waals surface area contributed by atoms with E-state index in [4.69, 9.17) is 12.2 Å². The zero-order valence-electron chi connectivity index (χ0n) is 7.90. The van der Waals surface area contributed by atoms with Crippen LogP contribution < -0.4 is 5.73 Å². The van der Waals surface area contributed by atoms with Gasteiger partial charge in [-0.2, -0.15) is 0 Å². The van der Waals surface area contributed by atoms with Crippen LogP contribution in [0.3, 0.4) is 0 Å². The van der Waals surface area contributed by atoms with Gasteiger partial charge in [-0.1, -0.05) is 0 Å². The van der Waals surface area contributed by atoms with E-state index in [1.807, 2.05) is 6.92 Å². The molecule has 0 radical (unpaired) electrons. The summed E-state index contributed by atoms with van der Waals surface area (Å²) in [6, 6.07) is 0.0355. The van der Waals surface area contributed by atoms with E-state index in [1.165, 1.54) is 0 Å². The van der Waals surface area contributed by atoms with Gasteiger partial charge >= 0.3 is 0 Å². The van der Waals surface area contributed by atoms with Gasteiger partial charge in [0.1, 0.15) is 0 Å². The number of aromatic nitrogens is 2. The monoisotopic (exact) mass is 177 g/mol. The van der Waals surface area contributed by atoms with E-state index in [1.54, 1.807) is 12.5 Å². The molecule has 0 spiro atoms. The molecule has 0 fully saturated rings. The molecule has 1 aromatic rings. The Morgan fingerprint density at radius 2 is 2.54 bits per heavy atom. The number of hydrogen-bond donors (Lipinski definition) is 1. The lowest BCUT2D eigenvalue weighted by atomic mass is 10.2. The Morgan fingerprint density at radius 1 is 1.77 bits per heavy atom. The van der Waals surface area contributed by atoms with Gasteiger partial charge < -0.3 is 10.3 Å². The maximum absolute atomic E-state index is 5.76. The van der Waals surface area contributed by atoms with Crippen molar-refractivity contribution < 1.29 is 0 Å². The van der Waals surface area contributed by atoms with Gasteiger partial charge in [0.05, 0.1) is 12.0 Å². The molecular weight excluding hydrogens is 162 g/mol. The summed E-state index contributed by atoms with van der Waals surface area (Å²) in [5.41, 5.74) is 6.83. The van der Waals surface area contributed by atoms with Crippen molar-refractivity contribution >= 4 is 0 Å². The van der Waals surface area contributed by atoms with E-state index < -0.39 is 0 Å². The van der Waals surface area contributed by atoms with Crippen LogP contribution in [-0.2, 0) is 6.54 Å². The van der Waals surface area contributed by atoms with Crippen molar-refractivity contribution in [2.24, 2.45) is 5.73 Å². The Bertz CT molecular complexity index is 293. The van der Waals surface area contributed by atoms with E-state index in [-0.39, 0.29) is 6.04 Å². The Labute approximate surface area is 79.0 Å². The molecule has 0 saturated heterocycles. The van der Waals surface area contributed by atoms with Crippen LogP contribution in [0.4, 0.5) is 0 Å². The number of terminal acetylenes is 1. The van der Waals surface area contributed by atoms with E-state index >= 15 is 0 Å². The van der Waals surface area contributed by atoms with Gasteiger partial charge in [-0.25, -0.2) is 4.98 Å². The van der Waals surface area contributed by atoms with E-state index in [0.717, 1.165) is 25.1 Å². The number of nitrogens with two attached hydrogens (primary N) is 1. The largest absolute Gasteiger partial charge is 0.333 e. The fourth-order valence-corrected chi connectivity index (χ4v) is 1.25. The second-order valence-electron chi connectivity index (χ2n) is 3.11. The first kappa shape index (κ1) is 9.82. The molecule has 2 N–H and O–H groups in total. The standard InChI is InChI=1S/C10H15N3/c1-3-4-5-6-13-8-12-7-10(13)9(2)11/h1,7-9H,4-6,11H2,2H3. The highest BCUT2D eigenvalue weighted by Crippen LogP contribution is 2.09. The highest BCUT2D eigenvalue weighted by atomic mass is 15.1. The van der Waals surface area contributed by atoms with Crippen molar-refractivity contribution in [3.63, 3.8) is 0 Å². The first-order valence-corrected chi connectivity index (χ1v) is 4.44. The first-order valence-electron chi connectivity index (χ1n) is 4.44. The molecule has 1 aromatic heterocycles. The molecule has 1 heterocycles. The lowest BCUT2D eigenvalue weighted by molar-refractivity contribution is 0.600. The minimum atomic E-state index is 0.0355. The Morgan fingerprint density at radius 3 is 3.15 bits per heavy atom. The molecule has 0 aromatic carbocycles. The number of unbranched alkanes of at least 4 members (excludes halogenated alkanes) is 1. The summed E-state index contributed by atoms with van der Waals surface area (Å²) in [6.07, 6.45) is 10.6. The van der Waals surface area contributed by atoms with Crippen molar-refractivity contribution in [3.05, 3.63) is 18.2 Å². The number of rotatable bonds is 4. The summed E-state index contributed by atoms with van der Waals surface area (Å²) < 4.78 is 2.06. The van der Waals surface area contributed by atoms with Gasteiger partial charge in [0.15, 0.2) is 0 Å². The molecule has 0 bridgehead atoms. The van der Waals surface area contributed by atoms with Gasteiger partial charge in [-0.3, -0.25) is 0 Å². The highest BCUT2D eigenvalue weighted by Gasteiger charge is 2.05. The van der Waals surface area contributed by atoms with E-state index in [0.29, 0.717) is 0 Å². The molecule has 0 amide bonds. The number of aryl methyl sites for hydroxylation is 1. The molecule has 0 saturated carbocycles. The molecule has 1 unspecified atom stereocenters. The second kappa shape index (κ2) is 4.68. The lowest BCUT2D eigenvalue weighted by Gasteiger charge is -2.09. The summed E-state index contributed by atoms with van der Waals surface area (Å²) in [4.78, 5) is 4.05. The summed E-state index contributed by atoms with van der Waals surface area (Å²) >= 11 is 0. The molecule has 0 aliphatic rings. The molecule has 0 aliphatic carbocycles. The van der Waals surface area contributed by atoms with Gasteiger partial charge in [0.2, 0.25) is 0 Å². The van der Waals surface area contributed by atoms with Crippen molar-refractivity contribution in [2.45, 2.75) is 32.4 Å². The first-order chi connectivity index (χ1) is 6.25. The topological polar surface area (TPSA) is 43.8 Å². The van der Waals surface area contributed by atoms with Crippen molar-refractivity contribution in [1.29, 1.82) is 0 Å². The van der Waals surface area contributed by atoms with Gasteiger partial charge in [0.25, 0.3) is 0 Å². The van der Waals surface area contributed by atoms with Crippen molar-refractivity contribution in [2.75, 3.05) is 0 Å². The molecule has 1 atom stereocenters. The van der Waals surface area contributed by atoms with E-state index in [9.17, 15) is 0 Å². The molecular formula is C10H15N3. The second-order valence-corrected chi connectivity index (χ2v) is 3.11. The minimum Gasteiger partial charge on any atom is -0.333 e. The minimum absolute atomic E-state index is 0.0355. The molecule has 13 heavy (non-hydrogen) atoms. The summed E-state index contributed by atoms with van der Waals surface area (Å²) in [6.45, 7) is 2.86. The van der Waals surface area contributed by atoms with Crippen molar-refractivity contribution in [3.8, 4) is 12.3 Å². The Balaban J connectivity index is 2.56. The van der Waals surface area contributed by atoms with Crippen LogP contribution in [0.5, 0.6) is 0 Å². The molecule has 3 heteroatoms. The van der Waals surface area contributed by atoms with Crippen molar-refractivity contribution in [1.82, 2.24) is 9.55 Å². The fraction of sp³-hybridized carbons (Fsp3) is 0.500. The summed E-state index contributed by atoms with van der Waals surface area (Å²) in [5.74, 6) is 2.61. The third-order valence-electron chi connectivity index (χ3n) is 1.93. The zero-order chi connectivity index (χ0) is 9.68. The maximum atomic E-state index is 5.76. The van der Waals surface area contributed by atoms with Crippen LogP contribution in [0, 0.1) is 12.3 Å². The van der Waals surface area contributed by atoms with Crippen LogP contribution in [-0.4, -0.2) is 9.55 Å². The van der Waals surface area contributed by atoms with Gasteiger partial charge in [-0.05, 0) is 13.3 Å². The maximum Gasteiger partial charge on any atom is 0.0948 e. The fourth-order valence-electron chi connectivity index (χ4n) is 1.25. The number of hydrogen-bond acceptors (Lipinski definition) is 2.